The average Bonchev–Trinajstić information content (AvgIpc) is 2.73. The number of Topliss-reactive ketones (excluding diaryl/α,β-unsaturated/α-hetero) is 1. The first-order valence-electron chi connectivity index (χ1n) is 11.5. The summed E-state index contributed by atoms with van der Waals surface area (Å²) in [5.74, 6) is -0.489. The molecule has 180 valence electrons. The van der Waals surface area contributed by atoms with Gasteiger partial charge in [0.25, 0.3) is 5.91 Å². The van der Waals surface area contributed by atoms with Gasteiger partial charge in [0, 0.05) is 30.5 Å². The first-order valence-corrected chi connectivity index (χ1v) is 11.5. The van der Waals surface area contributed by atoms with Crippen LogP contribution in [0, 0.1) is 5.41 Å². The van der Waals surface area contributed by atoms with Gasteiger partial charge in [0.15, 0.2) is 0 Å². The molecule has 0 aromatic heterocycles. The van der Waals surface area contributed by atoms with Gasteiger partial charge in [0.1, 0.15) is 11.9 Å². The number of carbonyl (C=O) groups is 2. The summed E-state index contributed by atoms with van der Waals surface area (Å²) < 4.78 is 0. The van der Waals surface area contributed by atoms with Crippen LogP contribution in [-0.4, -0.2) is 40.5 Å². The minimum absolute atomic E-state index is 0.0482. The van der Waals surface area contributed by atoms with Gasteiger partial charge in [-0.15, -0.1) is 0 Å². The van der Waals surface area contributed by atoms with Crippen LogP contribution in [0.25, 0.3) is 0 Å². The lowest BCUT2D eigenvalue weighted by molar-refractivity contribution is -0.134. The number of ketones is 1. The van der Waals surface area contributed by atoms with Crippen molar-refractivity contribution in [3.8, 4) is 0 Å². The Morgan fingerprint density at radius 2 is 1.36 bits per heavy atom. The summed E-state index contributed by atoms with van der Waals surface area (Å²) in [7, 11) is 0. The number of aliphatic hydroxyl groups is 1. The Morgan fingerprint density at radius 1 is 0.879 bits per heavy atom. The van der Waals surface area contributed by atoms with E-state index in [9.17, 15) is 14.7 Å². The van der Waals surface area contributed by atoms with Crippen molar-refractivity contribution >= 4 is 11.7 Å². The standard InChI is InChI=1S/C27H39N3O3/c1-26(2,18-22(31)17-21(28)15-19-11-7-5-8-12-19)27(3,4)30-25(33)24(32)23(29)16-20-13-9-6-10-14-20/h5-14,21,23-24,32H,15-18,28-29H2,1-4H3,(H,30,33). The number of benzene rings is 2. The number of hydrogen-bond donors (Lipinski definition) is 4. The van der Waals surface area contributed by atoms with Crippen LogP contribution in [0.2, 0.25) is 0 Å². The fourth-order valence-corrected chi connectivity index (χ4v) is 3.81. The number of nitrogens with two attached hydrogens (primary N) is 2. The van der Waals surface area contributed by atoms with Gasteiger partial charge < -0.3 is 21.9 Å². The lowest BCUT2D eigenvalue weighted by atomic mass is 9.70. The summed E-state index contributed by atoms with van der Waals surface area (Å²) in [6, 6.07) is 18.4. The van der Waals surface area contributed by atoms with Crippen molar-refractivity contribution < 1.29 is 14.7 Å². The molecule has 2 aromatic carbocycles. The largest absolute Gasteiger partial charge is 0.382 e. The minimum Gasteiger partial charge on any atom is -0.382 e. The summed E-state index contributed by atoms with van der Waals surface area (Å²) in [4.78, 5) is 25.5. The Kier molecular flexibility index (Phi) is 9.35. The predicted molar refractivity (Wildman–Crippen MR) is 132 cm³/mol. The van der Waals surface area contributed by atoms with Crippen LogP contribution in [0.15, 0.2) is 60.7 Å². The maximum atomic E-state index is 12.8. The number of carbonyl (C=O) groups excluding carboxylic acids is 2. The van der Waals surface area contributed by atoms with Crippen LogP contribution in [0.3, 0.4) is 0 Å². The van der Waals surface area contributed by atoms with Crippen LogP contribution in [0.5, 0.6) is 0 Å². The first kappa shape index (κ1) is 26.7. The third kappa shape index (κ3) is 8.07. The van der Waals surface area contributed by atoms with E-state index in [1.54, 1.807) is 0 Å². The Balaban J connectivity index is 1.91. The maximum Gasteiger partial charge on any atom is 0.250 e. The second kappa shape index (κ2) is 11.5. The highest BCUT2D eigenvalue weighted by Crippen LogP contribution is 2.35. The zero-order chi connectivity index (χ0) is 24.6. The highest BCUT2D eigenvalue weighted by molar-refractivity contribution is 5.83. The zero-order valence-corrected chi connectivity index (χ0v) is 20.3. The van der Waals surface area contributed by atoms with Gasteiger partial charge in [-0.1, -0.05) is 74.5 Å². The van der Waals surface area contributed by atoms with E-state index in [4.69, 9.17) is 11.5 Å². The van der Waals surface area contributed by atoms with E-state index in [-0.39, 0.29) is 24.7 Å². The molecule has 0 aliphatic rings. The van der Waals surface area contributed by atoms with Crippen molar-refractivity contribution in [3.05, 3.63) is 71.8 Å². The van der Waals surface area contributed by atoms with Crippen molar-refractivity contribution in [1.29, 1.82) is 0 Å². The molecule has 6 heteroatoms. The van der Waals surface area contributed by atoms with E-state index in [1.807, 2.05) is 88.4 Å². The van der Waals surface area contributed by atoms with E-state index in [1.165, 1.54) is 0 Å². The molecule has 0 aliphatic carbocycles. The van der Waals surface area contributed by atoms with E-state index in [2.05, 4.69) is 5.32 Å². The van der Waals surface area contributed by atoms with Gasteiger partial charge >= 0.3 is 0 Å². The van der Waals surface area contributed by atoms with E-state index < -0.39 is 29.0 Å². The highest BCUT2D eigenvalue weighted by atomic mass is 16.3. The molecule has 2 rings (SSSR count). The molecule has 33 heavy (non-hydrogen) atoms. The van der Waals surface area contributed by atoms with Crippen LogP contribution in [-0.2, 0) is 22.4 Å². The van der Waals surface area contributed by atoms with Gasteiger partial charge in [0.05, 0.1) is 0 Å². The number of hydrogen-bond acceptors (Lipinski definition) is 5. The highest BCUT2D eigenvalue weighted by Gasteiger charge is 2.41. The molecule has 3 atom stereocenters. The maximum absolute atomic E-state index is 12.8. The van der Waals surface area contributed by atoms with Crippen LogP contribution >= 0.6 is 0 Å². The molecule has 0 fully saturated rings. The SMILES string of the molecule is CC(C)(CC(=O)CC(N)Cc1ccccc1)C(C)(C)NC(=O)C(O)C(N)Cc1ccccc1. The molecular formula is C27H39N3O3. The molecule has 3 unspecified atom stereocenters. The van der Waals surface area contributed by atoms with E-state index >= 15 is 0 Å². The van der Waals surface area contributed by atoms with Crippen molar-refractivity contribution in [3.63, 3.8) is 0 Å². The van der Waals surface area contributed by atoms with Crippen molar-refractivity contribution in [1.82, 2.24) is 5.32 Å². The van der Waals surface area contributed by atoms with Gasteiger partial charge in [-0.25, -0.2) is 0 Å². The summed E-state index contributed by atoms with van der Waals surface area (Å²) in [5, 5.41) is 13.4. The van der Waals surface area contributed by atoms with E-state index in [0.717, 1.165) is 11.1 Å². The molecule has 2 aromatic rings. The molecule has 0 saturated carbocycles. The molecule has 6 nitrogen and oxygen atoms in total. The fourth-order valence-electron chi connectivity index (χ4n) is 3.81. The monoisotopic (exact) mass is 453 g/mol. The van der Waals surface area contributed by atoms with Crippen molar-refractivity contribution in [2.45, 2.75) is 77.1 Å². The summed E-state index contributed by atoms with van der Waals surface area (Å²) in [5.41, 5.74) is 13.1. The number of rotatable bonds is 12. The Labute approximate surface area is 197 Å². The topological polar surface area (TPSA) is 118 Å². The minimum atomic E-state index is -1.35. The van der Waals surface area contributed by atoms with Crippen LogP contribution in [0.4, 0.5) is 0 Å². The lowest BCUT2D eigenvalue weighted by Gasteiger charge is -2.42. The number of nitrogens with one attached hydrogen (secondary N) is 1. The van der Waals surface area contributed by atoms with E-state index in [0.29, 0.717) is 12.8 Å². The summed E-state index contributed by atoms with van der Waals surface area (Å²) in [6.07, 6.45) is 0.202. The van der Waals surface area contributed by atoms with Gasteiger partial charge in [-0.2, -0.15) is 0 Å². The Morgan fingerprint density at radius 3 is 1.88 bits per heavy atom. The summed E-state index contributed by atoms with van der Waals surface area (Å²) >= 11 is 0. The number of amides is 1. The summed E-state index contributed by atoms with van der Waals surface area (Å²) in [6.45, 7) is 7.59. The zero-order valence-electron chi connectivity index (χ0n) is 20.3. The van der Waals surface area contributed by atoms with Gasteiger partial charge in [-0.3, -0.25) is 9.59 Å². The predicted octanol–water partition coefficient (Wildman–Crippen LogP) is 2.76. The molecule has 0 bridgehead atoms. The van der Waals surface area contributed by atoms with Crippen LogP contribution < -0.4 is 16.8 Å². The second-order valence-corrected chi connectivity index (χ2v) is 10.2. The third-order valence-corrected chi connectivity index (χ3v) is 6.59. The molecule has 0 radical (unpaired) electrons. The normalized spacial score (nSPS) is 14.9. The van der Waals surface area contributed by atoms with Crippen molar-refractivity contribution in [2.24, 2.45) is 16.9 Å². The smallest absolute Gasteiger partial charge is 0.250 e. The van der Waals surface area contributed by atoms with Gasteiger partial charge in [0.2, 0.25) is 0 Å². The molecule has 0 spiro atoms. The van der Waals surface area contributed by atoms with Crippen molar-refractivity contribution in [2.75, 3.05) is 0 Å². The molecule has 0 saturated heterocycles. The Hall–Kier alpha value is -2.54. The number of aliphatic hydroxyl groups excluding tert-OH is 1. The van der Waals surface area contributed by atoms with Crippen LogP contribution in [0.1, 0.15) is 51.7 Å². The molecule has 6 N–H and O–H groups in total. The fraction of sp³-hybridized carbons (Fsp3) is 0.481. The average molecular weight is 454 g/mol. The Bertz CT molecular complexity index is 897. The second-order valence-electron chi connectivity index (χ2n) is 10.2. The molecule has 0 aliphatic heterocycles. The first-order chi connectivity index (χ1) is 15.4. The lowest BCUT2D eigenvalue weighted by Crippen LogP contribution is -2.59. The third-order valence-electron chi connectivity index (χ3n) is 6.59. The van der Waals surface area contributed by atoms with Gasteiger partial charge in [-0.05, 0) is 43.2 Å². The molecule has 0 heterocycles. The molecule has 1 amide bonds. The quantitative estimate of drug-likeness (QED) is 0.394. The molecular weight excluding hydrogens is 414 g/mol.